The number of nitrogens with one attached hydrogen (secondary N) is 1. The maximum atomic E-state index is 12.5. The van der Waals surface area contributed by atoms with E-state index < -0.39 is 5.91 Å². The molecule has 30 heavy (non-hydrogen) atoms. The van der Waals surface area contributed by atoms with Crippen LogP contribution in [0.5, 0.6) is 0 Å². The van der Waals surface area contributed by atoms with E-state index in [2.05, 4.69) is 9.88 Å². The van der Waals surface area contributed by atoms with Crippen molar-refractivity contribution in [3.05, 3.63) is 101 Å². The molecule has 4 rings (SSSR count). The number of hydrogen-bond donors (Lipinski definition) is 1. The van der Waals surface area contributed by atoms with E-state index in [1.807, 2.05) is 60.8 Å². The van der Waals surface area contributed by atoms with Crippen molar-refractivity contribution < 1.29 is 9.21 Å². The molecule has 0 saturated carbocycles. The predicted molar refractivity (Wildman–Crippen MR) is 117 cm³/mol. The first kappa shape index (κ1) is 19.6. The SMILES string of the molecule is N#C/C(=C/c1cn(Cc2ccccc2Cl)c2ccccc12)C(=O)NCc1ccco1. The summed E-state index contributed by atoms with van der Waals surface area (Å²) in [7, 11) is 0. The molecule has 0 saturated heterocycles. The maximum absolute atomic E-state index is 12.5. The van der Waals surface area contributed by atoms with Gasteiger partial charge in [-0.1, -0.05) is 48.0 Å². The second-order valence-electron chi connectivity index (χ2n) is 6.75. The molecule has 0 aliphatic heterocycles. The second-order valence-corrected chi connectivity index (χ2v) is 7.16. The van der Waals surface area contributed by atoms with Gasteiger partial charge in [0.05, 0.1) is 12.8 Å². The number of nitrogens with zero attached hydrogens (tertiary/aromatic N) is 2. The maximum Gasteiger partial charge on any atom is 0.262 e. The van der Waals surface area contributed by atoms with Crippen LogP contribution < -0.4 is 5.32 Å². The van der Waals surface area contributed by atoms with E-state index >= 15 is 0 Å². The van der Waals surface area contributed by atoms with Crippen LogP contribution in [0.4, 0.5) is 0 Å². The summed E-state index contributed by atoms with van der Waals surface area (Å²) >= 11 is 6.33. The molecular formula is C24H18ClN3O2. The smallest absolute Gasteiger partial charge is 0.262 e. The van der Waals surface area contributed by atoms with E-state index in [0.29, 0.717) is 17.3 Å². The van der Waals surface area contributed by atoms with E-state index in [0.717, 1.165) is 22.0 Å². The molecule has 6 heteroatoms. The Morgan fingerprint density at radius 3 is 2.70 bits per heavy atom. The average molecular weight is 416 g/mol. The Morgan fingerprint density at radius 2 is 1.93 bits per heavy atom. The number of furan rings is 1. The lowest BCUT2D eigenvalue weighted by Crippen LogP contribution is -2.23. The zero-order valence-electron chi connectivity index (χ0n) is 16.0. The topological polar surface area (TPSA) is 71.0 Å². The predicted octanol–water partition coefficient (Wildman–Crippen LogP) is 5.16. The van der Waals surface area contributed by atoms with Gasteiger partial charge in [0, 0.05) is 34.2 Å². The molecule has 0 unspecified atom stereocenters. The molecule has 0 spiro atoms. The molecule has 5 nitrogen and oxygen atoms in total. The minimum Gasteiger partial charge on any atom is -0.467 e. The van der Waals surface area contributed by atoms with Crippen LogP contribution in [0.2, 0.25) is 5.02 Å². The summed E-state index contributed by atoms with van der Waals surface area (Å²) in [5.41, 5.74) is 2.81. The number of para-hydroxylation sites is 1. The number of amides is 1. The lowest BCUT2D eigenvalue weighted by atomic mass is 10.1. The summed E-state index contributed by atoms with van der Waals surface area (Å²) in [6.45, 7) is 0.805. The van der Waals surface area contributed by atoms with E-state index in [1.54, 1.807) is 18.2 Å². The van der Waals surface area contributed by atoms with Crippen molar-refractivity contribution in [1.82, 2.24) is 9.88 Å². The third-order valence-corrected chi connectivity index (χ3v) is 5.15. The first-order valence-corrected chi connectivity index (χ1v) is 9.77. The van der Waals surface area contributed by atoms with Crippen molar-refractivity contribution >= 4 is 34.5 Å². The zero-order chi connectivity index (χ0) is 20.9. The first-order chi connectivity index (χ1) is 14.7. The minimum absolute atomic E-state index is 0.0298. The van der Waals surface area contributed by atoms with Crippen LogP contribution in [0.15, 0.2) is 83.1 Å². The van der Waals surface area contributed by atoms with Crippen LogP contribution in [0.1, 0.15) is 16.9 Å². The highest BCUT2D eigenvalue weighted by molar-refractivity contribution is 6.31. The third kappa shape index (κ3) is 4.14. The molecule has 2 aromatic heterocycles. The van der Waals surface area contributed by atoms with E-state index in [-0.39, 0.29) is 12.1 Å². The molecule has 148 valence electrons. The number of carbonyl (C=O) groups is 1. The lowest BCUT2D eigenvalue weighted by molar-refractivity contribution is -0.117. The van der Waals surface area contributed by atoms with Crippen molar-refractivity contribution in [2.75, 3.05) is 0 Å². The Hall–Kier alpha value is -3.75. The van der Waals surface area contributed by atoms with Gasteiger partial charge in [-0.15, -0.1) is 0 Å². The Balaban J connectivity index is 1.65. The van der Waals surface area contributed by atoms with Gasteiger partial charge in [-0.05, 0) is 35.9 Å². The van der Waals surface area contributed by atoms with Crippen LogP contribution >= 0.6 is 11.6 Å². The second kappa shape index (κ2) is 8.73. The summed E-state index contributed by atoms with van der Waals surface area (Å²) in [6, 6.07) is 21.1. The Bertz CT molecular complexity index is 1260. The van der Waals surface area contributed by atoms with Crippen LogP contribution in [0, 0.1) is 11.3 Å². The summed E-state index contributed by atoms with van der Waals surface area (Å²) in [6.07, 6.45) is 5.09. The Kier molecular flexibility index (Phi) is 5.69. The van der Waals surface area contributed by atoms with Gasteiger partial charge in [0.2, 0.25) is 0 Å². The van der Waals surface area contributed by atoms with Crippen LogP contribution in [-0.2, 0) is 17.9 Å². The Morgan fingerprint density at radius 1 is 1.13 bits per heavy atom. The monoisotopic (exact) mass is 415 g/mol. The average Bonchev–Trinajstić information content (AvgIpc) is 3.40. The summed E-state index contributed by atoms with van der Waals surface area (Å²) in [5, 5.41) is 13.9. The number of carbonyl (C=O) groups excluding carboxylic acids is 1. The van der Waals surface area contributed by atoms with Gasteiger partial charge >= 0.3 is 0 Å². The highest BCUT2D eigenvalue weighted by Crippen LogP contribution is 2.26. The normalized spacial score (nSPS) is 11.4. The van der Waals surface area contributed by atoms with Gasteiger partial charge in [-0.2, -0.15) is 5.26 Å². The van der Waals surface area contributed by atoms with E-state index in [9.17, 15) is 10.1 Å². The molecular weight excluding hydrogens is 398 g/mol. The zero-order valence-corrected chi connectivity index (χ0v) is 16.8. The van der Waals surface area contributed by atoms with Crippen LogP contribution in [0.3, 0.4) is 0 Å². The lowest BCUT2D eigenvalue weighted by Gasteiger charge is -2.07. The number of aromatic nitrogens is 1. The summed E-state index contributed by atoms with van der Waals surface area (Å²) in [5.74, 6) is 0.175. The Labute approximate surface area is 178 Å². The van der Waals surface area contributed by atoms with Gasteiger partial charge in [-0.3, -0.25) is 4.79 Å². The quantitative estimate of drug-likeness (QED) is 0.349. The summed E-state index contributed by atoms with van der Waals surface area (Å²) < 4.78 is 7.28. The van der Waals surface area contributed by atoms with Crippen molar-refractivity contribution in [1.29, 1.82) is 5.26 Å². The highest BCUT2D eigenvalue weighted by atomic mass is 35.5. The van der Waals surface area contributed by atoms with Crippen LogP contribution in [0.25, 0.3) is 17.0 Å². The summed E-state index contributed by atoms with van der Waals surface area (Å²) in [4.78, 5) is 12.5. The van der Waals surface area contributed by atoms with Crippen molar-refractivity contribution in [2.24, 2.45) is 0 Å². The molecule has 0 atom stereocenters. The largest absolute Gasteiger partial charge is 0.467 e. The van der Waals surface area contributed by atoms with Gasteiger partial charge in [0.25, 0.3) is 5.91 Å². The minimum atomic E-state index is -0.447. The van der Waals surface area contributed by atoms with Crippen molar-refractivity contribution in [3.8, 4) is 6.07 Å². The molecule has 4 aromatic rings. The van der Waals surface area contributed by atoms with E-state index in [1.165, 1.54) is 6.26 Å². The van der Waals surface area contributed by atoms with Gasteiger partial charge in [0.1, 0.15) is 17.4 Å². The molecule has 2 aromatic carbocycles. The number of benzene rings is 2. The number of nitriles is 1. The fourth-order valence-electron chi connectivity index (χ4n) is 3.31. The number of halogens is 1. The number of hydrogen-bond acceptors (Lipinski definition) is 3. The molecule has 0 aliphatic carbocycles. The van der Waals surface area contributed by atoms with Crippen molar-refractivity contribution in [3.63, 3.8) is 0 Å². The third-order valence-electron chi connectivity index (χ3n) is 4.79. The molecule has 0 aliphatic rings. The number of rotatable bonds is 6. The van der Waals surface area contributed by atoms with Crippen LogP contribution in [-0.4, -0.2) is 10.5 Å². The number of fused-ring (bicyclic) bond motifs is 1. The fourth-order valence-corrected chi connectivity index (χ4v) is 3.51. The molecule has 0 fully saturated rings. The van der Waals surface area contributed by atoms with Gasteiger partial charge in [0.15, 0.2) is 0 Å². The molecule has 1 N–H and O–H groups in total. The highest BCUT2D eigenvalue weighted by Gasteiger charge is 2.13. The van der Waals surface area contributed by atoms with E-state index in [4.69, 9.17) is 16.0 Å². The molecule has 2 heterocycles. The first-order valence-electron chi connectivity index (χ1n) is 9.39. The standard InChI is InChI=1S/C24H18ClN3O2/c25-22-9-3-1-6-17(22)15-28-16-19(21-8-2-4-10-23(21)28)12-18(13-26)24(29)27-14-20-7-5-11-30-20/h1-12,16H,14-15H2,(H,27,29)/b18-12-. The fraction of sp³-hybridized carbons (Fsp3) is 0.0833. The molecule has 1 amide bonds. The molecule has 0 radical (unpaired) electrons. The van der Waals surface area contributed by atoms with Crippen molar-refractivity contribution in [2.45, 2.75) is 13.1 Å². The molecule has 0 bridgehead atoms. The van der Waals surface area contributed by atoms with Gasteiger partial charge < -0.3 is 14.3 Å². The van der Waals surface area contributed by atoms with Gasteiger partial charge in [-0.25, -0.2) is 0 Å².